The van der Waals surface area contributed by atoms with E-state index >= 15 is 0 Å². The molecule has 5 nitrogen and oxygen atoms in total. The molecular formula is C61H104O5. The van der Waals surface area contributed by atoms with Crippen molar-refractivity contribution in [3.63, 3.8) is 0 Å². The van der Waals surface area contributed by atoms with Crippen molar-refractivity contribution in [3.8, 4) is 0 Å². The van der Waals surface area contributed by atoms with Crippen LogP contribution in [0.4, 0.5) is 0 Å². The molecule has 0 N–H and O–H groups in total. The minimum atomic E-state index is -0.570. The molecule has 0 bridgehead atoms. The number of ether oxygens (including phenoxy) is 3. The van der Waals surface area contributed by atoms with Crippen LogP contribution in [0, 0.1) is 0 Å². The highest BCUT2D eigenvalue weighted by Gasteiger charge is 2.17. The molecule has 5 heteroatoms. The van der Waals surface area contributed by atoms with Gasteiger partial charge < -0.3 is 14.2 Å². The van der Waals surface area contributed by atoms with Gasteiger partial charge in [-0.3, -0.25) is 9.59 Å². The number of allylic oxidation sites excluding steroid dienone is 16. The topological polar surface area (TPSA) is 61.8 Å². The third-order valence-electron chi connectivity index (χ3n) is 11.6. The molecule has 0 saturated heterocycles. The minimum Gasteiger partial charge on any atom is -0.462 e. The van der Waals surface area contributed by atoms with Crippen LogP contribution in [0.3, 0.4) is 0 Å². The van der Waals surface area contributed by atoms with E-state index in [2.05, 4.69) is 118 Å². The number of carbonyl (C=O) groups excluding carboxylic acids is 2. The van der Waals surface area contributed by atoms with E-state index in [4.69, 9.17) is 14.2 Å². The first-order chi connectivity index (χ1) is 32.6. The fourth-order valence-electron chi connectivity index (χ4n) is 7.44. The van der Waals surface area contributed by atoms with Gasteiger partial charge in [-0.2, -0.15) is 0 Å². The SMILES string of the molecule is CC/C=C\C/C=C\C/C=C\C/C=C\C/C=C\CCCCOCC(COC(=O)CCCCCCCCCCC/C=C\C/C=C\CCCCC)OC(=O)CCCCCCC/C=C\CCCCCC. The lowest BCUT2D eigenvalue weighted by atomic mass is 10.1. The molecule has 0 fully saturated rings. The minimum absolute atomic E-state index is 0.0582. The second-order valence-electron chi connectivity index (χ2n) is 18.1. The normalized spacial score (nSPS) is 13.0. The highest BCUT2D eigenvalue weighted by molar-refractivity contribution is 5.70. The zero-order valence-electron chi connectivity index (χ0n) is 43.4. The molecule has 0 amide bonds. The van der Waals surface area contributed by atoms with Crippen LogP contribution in [-0.4, -0.2) is 37.9 Å². The Morgan fingerprint density at radius 2 is 0.682 bits per heavy atom. The van der Waals surface area contributed by atoms with Crippen molar-refractivity contribution in [2.24, 2.45) is 0 Å². The molecule has 0 aliphatic carbocycles. The molecule has 0 aliphatic rings. The van der Waals surface area contributed by atoms with Gasteiger partial charge in [0, 0.05) is 19.4 Å². The van der Waals surface area contributed by atoms with Crippen LogP contribution in [0.2, 0.25) is 0 Å². The third-order valence-corrected chi connectivity index (χ3v) is 11.6. The van der Waals surface area contributed by atoms with E-state index in [0.717, 1.165) is 103 Å². The molecule has 0 aliphatic heterocycles. The Kier molecular flexibility index (Phi) is 53.4. The van der Waals surface area contributed by atoms with E-state index in [-0.39, 0.29) is 25.2 Å². The molecule has 0 aromatic carbocycles. The Bertz CT molecular complexity index is 1270. The molecule has 0 aromatic heterocycles. The van der Waals surface area contributed by atoms with Crippen LogP contribution >= 0.6 is 0 Å². The summed E-state index contributed by atoms with van der Waals surface area (Å²) in [6.45, 7) is 7.57. The highest BCUT2D eigenvalue weighted by atomic mass is 16.6. The summed E-state index contributed by atoms with van der Waals surface area (Å²) in [4.78, 5) is 25.5. The molecule has 0 spiro atoms. The Balaban J connectivity index is 4.35. The van der Waals surface area contributed by atoms with Crippen molar-refractivity contribution in [2.45, 2.75) is 258 Å². The summed E-state index contributed by atoms with van der Waals surface area (Å²) in [6, 6.07) is 0. The Labute approximate surface area is 409 Å². The molecule has 66 heavy (non-hydrogen) atoms. The molecule has 378 valence electrons. The average Bonchev–Trinajstić information content (AvgIpc) is 3.32. The second kappa shape index (κ2) is 56.1. The van der Waals surface area contributed by atoms with Gasteiger partial charge in [0.25, 0.3) is 0 Å². The molecule has 0 heterocycles. The predicted octanol–water partition coefficient (Wildman–Crippen LogP) is 19.0. The van der Waals surface area contributed by atoms with E-state index in [0.29, 0.717) is 19.4 Å². The van der Waals surface area contributed by atoms with Crippen molar-refractivity contribution in [1.82, 2.24) is 0 Å². The number of rotatable bonds is 50. The van der Waals surface area contributed by atoms with E-state index < -0.39 is 6.10 Å². The summed E-state index contributed by atoms with van der Waals surface area (Å²) >= 11 is 0. The lowest BCUT2D eigenvalue weighted by Gasteiger charge is -2.18. The molecule has 0 saturated carbocycles. The molecule has 0 radical (unpaired) electrons. The van der Waals surface area contributed by atoms with Crippen molar-refractivity contribution in [1.29, 1.82) is 0 Å². The van der Waals surface area contributed by atoms with Gasteiger partial charge in [0.15, 0.2) is 6.10 Å². The first-order valence-electron chi connectivity index (χ1n) is 27.8. The van der Waals surface area contributed by atoms with Gasteiger partial charge in [-0.05, 0) is 122 Å². The molecule has 0 aromatic rings. The monoisotopic (exact) mass is 917 g/mol. The fourth-order valence-corrected chi connectivity index (χ4v) is 7.44. The van der Waals surface area contributed by atoms with Crippen molar-refractivity contribution in [2.75, 3.05) is 19.8 Å². The average molecular weight is 917 g/mol. The maximum atomic E-state index is 12.8. The van der Waals surface area contributed by atoms with Crippen molar-refractivity contribution < 1.29 is 23.8 Å². The number of hydrogen-bond donors (Lipinski definition) is 0. The van der Waals surface area contributed by atoms with E-state index in [9.17, 15) is 9.59 Å². The van der Waals surface area contributed by atoms with Crippen LogP contribution in [0.15, 0.2) is 97.2 Å². The third kappa shape index (κ3) is 53.4. The van der Waals surface area contributed by atoms with E-state index in [1.54, 1.807) is 0 Å². The zero-order valence-corrected chi connectivity index (χ0v) is 43.4. The standard InChI is InChI=1S/C61H104O5/c1-4-7-10-13-16-19-22-25-27-29-31-32-34-37-39-42-45-48-51-54-60(62)65-58-59(66-61(63)55-52-49-46-43-40-36-24-21-18-15-12-9-6-3)57-64-56-53-50-47-44-41-38-35-33-30-28-26-23-20-17-14-11-8-5-2/h8,11,16-17,19-21,24-28,33,35,41,44,59H,4-7,9-10,12-15,18,22-23,29-32,34,36-40,42-43,45-58H2,1-3H3/b11-8-,19-16-,20-17-,24-21-,27-25-,28-26-,35-33-,44-41-. The van der Waals surface area contributed by atoms with Crippen LogP contribution in [0.5, 0.6) is 0 Å². The van der Waals surface area contributed by atoms with Crippen LogP contribution in [0.25, 0.3) is 0 Å². The number of unbranched alkanes of at least 4 members (excludes halogenated alkanes) is 23. The van der Waals surface area contributed by atoms with E-state index in [1.807, 2.05) is 0 Å². The molecule has 1 unspecified atom stereocenters. The first-order valence-corrected chi connectivity index (χ1v) is 27.8. The summed E-state index contributed by atoms with van der Waals surface area (Å²) in [5, 5.41) is 0. The smallest absolute Gasteiger partial charge is 0.306 e. The number of hydrogen-bond acceptors (Lipinski definition) is 5. The lowest BCUT2D eigenvalue weighted by Crippen LogP contribution is -2.30. The van der Waals surface area contributed by atoms with Gasteiger partial charge >= 0.3 is 11.9 Å². The summed E-state index contributed by atoms with van der Waals surface area (Å²) in [7, 11) is 0. The number of esters is 2. The van der Waals surface area contributed by atoms with Crippen LogP contribution in [-0.2, 0) is 23.8 Å². The van der Waals surface area contributed by atoms with Crippen molar-refractivity contribution in [3.05, 3.63) is 97.2 Å². The Morgan fingerprint density at radius 3 is 1.14 bits per heavy atom. The summed E-state index contributed by atoms with van der Waals surface area (Å²) < 4.78 is 17.4. The maximum absolute atomic E-state index is 12.8. The Hall–Kier alpha value is -3.18. The first kappa shape index (κ1) is 62.8. The van der Waals surface area contributed by atoms with E-state index in [1.165, 1.54) is 116 Å². The van der Waals surface area contributed by atoms with Crippen LogP contribution < -0.4 is 0 Å². The molecule has 0 rings (SSSR count). The number of carbonyl (C=O) groups is 2. The van der Waals surface area contributed by atoms with Gasteiger partial charge in [0.2, 0.25) is 0 Å². The highest BCUT2D eigenvalue weighted by Crippen LogP contribution is 2.14. The Morgan fingerprint density at radius 1 is 0.348 bits per heavy atom. The van der Waals surface area contributed by atoms with Gasteiger partial charge in [-0.15, -0.1) is 0 Å². The van der Waals surface area contributed by atoms with Crippen LogP contribution in [0.1, 0.15) is 252 Å². The summed E-state index contributed by atoms with van der Waals surface area (Å²) in [6.07, 6.45) is 75.7. The largest absolute Gasteiger partial charge is 0.462 e. The molecular weight excluding hydrogens is 813 g/mol. The van der Waals surface area contributed by atoms with Gasteiger partial charge in [0.1, 0.15) is 6.61 Å². The summed E-state index contributed by atoms with van der Waals surface area (Å²) in [5.41, 5.74) is 0. The molecule has 1 atom stereocenters. The predicted molar refractivity (Wildman–Crippen MR) is 288 cm³/mol. The zero-order chi connectivity index (χ0) is 47.7. The van der Waals surface area contributed by atoms with Gasteiger partial charge in [-0.1, -0.05) is 214 Å². The van der Waals surface area contributed by atoms with Gasteiger partial charge in [0.05, 0.1) is 6.61 Å². The summed E-state index contributed by atoms with van der Waals surface area (Å²) in [5.74, 6) is -0.436. The fraction of sp³-hybridized carbons (Fsp3) is 0.705. The van der Waals surface area contributed by atoms with Gasteiger partial charge in [-0.25, -0.2) is 0 Å². The van der Waals surface area contributed by atoms with Crippen molar-refractivity contribution >= 4 is 11.9 Å². The lowest BCUT2D eigenvalue weighted by molar-refractivity contribution is -0.163. The maximum Gasteiger partial charge on any atom is 0.306 e. The quantitative estimate of drug-likeness (QED) is 0.0346. The second-order valence-corrected chi connectivity index (χ2v) is 18.1.